The number of nitrogens with one attached hydrogen (secondary N) is 2. The van der Waals surface area contributed by atoms with Crippen molar-refractivity contribution in [3.8, 4) is 0 Å². The molecule has 2 amide bonds. The van der Waals surface area contributed by atoms with Crippen molar-refractivity contribution in [2.75, 3.05) is 10.6 Å². The Hall–Kier alpha value is -2.48. The molecule has 20 heavy (non-hydrogen) atoms. The minimum atomic E-state index is -1.10. The number of nitrogens with zero attached hydrogens (tertiary/aromatic N) is 2. The number of benzene rings is 1. The first kappa shape index (κ1) is 13.9. The summed E-state index contributed by atoms with van der Waals surface area (Å²) in [5.74, 6) is -1.10. The molecule has 0 unspecified atom stereocenters. The molecule has 0 bridgehead atoms. The van der Waals surface area contributed by atoms with Crippen molar-refractivity contribution in [3.05, 3.63) is 34.3 Å². The van der Waals surface area contributed by atoms with Crippen LogP contribution in [0.5, 0.6) is 0 Å². The summed E-state index contributed by atoms with van der Waals surface area (Å²) in [5.41, 5.74) is 0.959. The van der Waals surface area contributed by atoms with Gasteiger partial charge in [-0.2, -0.15) is 0 Å². The molecule has 0 fully saturated rings. The van der Waals surface area contributed by atoms with Crippen LogP contribution in [0.2, 0.25) is 0 Å². The van der Waals surface area contributed by atoms with E-state index in [9.17, 15) is 9.59 Å². The summed E-state index contributed by atoms with van der Waals surface area (Å²) in [7, 11) is 0. The second-order valence-electron chi connectivity index (χ2n) is 4.01. The summed E-state index contributed by atoms with van der Waals surface area (Å²) in [6.45, 7) is 3.49. The van der Waals surface area contributed by atoms with Gasteiger partial charge in [0.15, 0.2) is 0 Å². The molecule has 1 heterocycles. The van der Waals surface area contributed by atoms with Gasteiger partial charge in [0.25, 0.3) is 0 Å². The van der Waals surface area contributed by atoms with E-state index in [0.29, 0.717) is 10.7 Å². The number of anilines is 2. The van der Waals surface area contributed by atoms with E-state index in [2.05, 4.69) is 20.8 Å². The number of para-hydroxylation sites is 1. The third-order valence-corrected chi connectivity index (χ3v) is 3.24. The molecule has 0 saturated carbocycles. The summed E-state index contributed by atoms with van der Waals surface area (Å²) in [6, 6.07) is 4.21. The van der Waals surface area contributed by atoms with Gasteiger partial charge in [-0.3, -0.25) is 5.32 Å². The van der Waals surface area contributed by atoms with Crippen molar-refractivity contribution in [2.45, 2.75) is 13.8 Å². The molecule has 3 N–H and O–H groups in total. The lowest BCUT2D eigenvalue weighted by Gasteiger charge is -2.11. The molecule has 2 rings (SSSR count). The lowest BCUT2D eigenvalue weighted by molar-refractivity contribution is 0.0698. The van der Waals surface area contributed by atoms with Crippen LogP contribution in [0.3, 0.4) is 0 Å². The highest BCUT2D eigenvalue weighted by molar-refractivity contribution is 7.15. The minimum Gasteiger partial charge on any atom is -0.478 e. The number of aromatic nitrogens is 2. The molecule has 1 aromatic heterocycles. The largest absolute Gasteiger partial charge is 0.478 e. The normalized spacial score (nSPS) is 10.1. The number of carbonyl (C=O) groups is 2. The van der Waals surface area contributed by atoms with Crippen molar-refractivity contribution in [2.24, 2.45) is 0 Å². The van der Waals surface area contributed by atoms with E-state index >= 15 is 0 Å². The third-order valence-electron chi connectivity index (χ3n) is 2.49. The van der Waals surface area contributed by atoms with Gasteiger partial charge in [-0.1, -0.05) is 23.5 Å². The molecule has 7 nitrogen and oxygen atoms in total. The molecule has 0 atom stereocenters. The van der Waals surface area contributed by atoms with Crippen molar-refractivity contribution in [1.29, 1.82) is 0 Å². The van der Waals surface area contributed by atoms with Crippen LogP contribution in [0.4, 0.5) is 15.6 Å². The SMILES string of the molecule is Cc1nnc(NC(=O)Nc2c(C)cccc2C(=O)O)s1. The molecule has 0 radical (unpaired) electrons. The molecule has 2 aromatic rings. The van der Waals surface area contributed by atoms with E-state index in [-0.39, 0.29) is 11.3 Å². The zero-order valence-corrected chi connectivity index (χ0v) is 11.6. The summed E-state index contributed by atoms with van der Waals surface area (Å²) in [5, 5.41) is 22.7. The molecule has 1 aromatic carbocycles. The van der Waals surface area contributed by atoms with Crippen molar-refractivity contribution >= 4 is 34.2 Å². The number of aryl methyl sites for hydroxylation is 2. The highest BCUT2D eigenvalue weighted by atomic mass is 32.1. The molecule has 104 valence electrons. The monoisotopic (exact) mass is 292 g/mol. The lowest BCUT2D eigenvalue weighted by atomic mass is 10.1. The van der Waals surface area contributed by atoms with Crippen LogP contribution in [0.1, 0.15) is 20.9 Å². The number of carboxylic acid groups (broad SMARTS) is 1. The zero-order valence-electron chi connectivity index (χ0n) is 10.8. The smallest absolute Gasteiger partial charge is 0.337 e. The van der Waals surface area contributed by atoms with Gasteiger partial charge in [-0.25, -0.2) is 9.59 Å². The quantitative estimate of drug-likeness (QED) is 0.806. The van der Waals surface area contributed by atoms with Gasteiger partial charge in [0.1, 0.15) is 5.01 Å². The predicted molar refractivity (Wildman–Crippen MR) is 75.4 cm³/mol. The lowest BCUT2D eigenvalue weighted by Crippen LogP contribution is -2.21. The van der Waals surface area contributed by atoms with Gasteiger partial charge < -0.3 is 10.4 Å². The first-order chi connectivity index (χ1) is 9.47. The Balaban J connectivity index is 2.17. The van der Waals surface area contributed by atoms with Crippen molar-refractivity contribution in [3.63, 3.8) is 0 Å². The number of amides is 2. The zero-order chi connectivity index (χ0) is 14.7. The first-order valence-electron chi connectivity index (χ1n) is 5.68. The Labute approximate surface area is 118 Å². The van der Waals surface area contributed by atoms with Gasteiger partial charge in [0.05, 0.1) is 11.3 Å². The fourth-order valence-electron chi connectivity index (χ4n) is 1.60. The number of carbonyl (C=O) groups excluding carboxylic acids is 1. The maximum Gasteiger partial charge on any atom is 0.337 e. The average Bonchev–Trinajstić information content (AvgIpc) is 2.77. The molecular weight excluding hydrogens is 280 g/mol. The maximum absolute atomic E-state index is 11.8. The fraction of sp³-hybridized carbons (Fsp3) is 0.167. The molecular formula is C12H12N4O3S. The molecule has 0 spiro atoms. The van der Waals surface area contributed by atoms with Crippen LogP contribution in [0.25, 0.3) is 0 Å². The van der Waals surface area contributed by atoms with Crippen LogP contribution in [0, 0.1) is 13.8 Å². The Bertz CT molecular complexity index is 668. The average molecular weight is 292 g/mol. The topological polar surface area (TPSA) is 104 Å². The van der Waals surface area contributed by atoms with E-state index in [0.717, 1.165) is 5.01 Å². The maximum atomic E-state index is 11.8. The van der Waals surface area contributed by atoms with Crippen LogP contribution in [-0.4, -0.2) is 27.3 Å². The fourth-order valence-corrected chi connectivity index (χ4v) is 2.19. The van der Waals surface area contributed by atoms with E-state index in [1.54, 1.807) is 26.0 Å². The number of rotatable bonds is 3. The second-order valence-corrected chi connectivity index (χ2v) is 5.19. The first-order valence-corrected chi connectivity index (χ1v) is 6.50. The highest BCUT2D eigenvalue weighted by Crippen LogP contribution is 2.21. The Morgan fingerprint density at radius 2 is 1.95 bits per heavy atom. The van der Waals surface area contributed by atoms with Gasteiger partial charge >= 0.3 is 12.0 Å². The Morgan fingerprint density at radius 1 is 1.20 bits per heavy atom. The summed E-state index contributed by atoms with van der Waals surface area (Å²) in [6.07, 6.45) is 0. The predicted octanol–water partition coefficient (Wildman–Crippen LogP) is 2.50. The number of carboxylic acids is 1. The van der Waals surface area contributed by atoms with E-state index < -0.39 is 12.0 Å². The van der Waals surface area contributed by atoms with Gasteiger partial charge in [0.2, 0.25) is 5.13 Å². The van der Waals surface area contributed by atoms with Gasteiger partial charge in [-0.15, -0.1) is 10.2 Å². The number of urea groups is 1. The molecule has 8 heteroatoms. The molecule has 0 aliphatic heterocycles. The second kappa shape index (κ2) is 5.66. The molecule has 0 aliphatic rings. The van der Waals surface area contributed by atoms with E-state index in [1.807, 2.05) is 0 Å². The summed E-state index contributed by atoms with van der Waals surface area (Å²) in [4.78, 5) is 23.0. The molecule has 0 aliphatic carbocycles. The summed E-state index contributed by atoms with van der Waals surface area (Å²) < 4.78 is 0. The Kier molecular flexibility index (Phi) is 3.94. The van der Waals surface area contributed by atoms with Crippen molar-refractivity contribution in [1.82, 2.24) is 10.2 Å². The number of hydrogen-bond donors (Lipinski definition) is 3. The van der Waals surface area contributed by atoms with Crippen molar-refractivity contribution < 1.29 is 14.7 Å². The molecule has 0 saturated heterocycles. The third kappa shape index (κ3) is 3.09. The van der Waals surface area contributed by atoms with Crippen LogP contribution < -0.4 is 10.6 Å². The Morgan fingerprint density at radius 3 is 2.55 bits per heavy atom. The number of hydrogen-bond acceptors (Lipinski definition) is 5. The standard InChI is InChI=1S/C12H12N4O3S/c1-6-4-3-5-8(10(17)18)9(6)13-11(19)14-12-16-15-7(2)20-12/h3-5H,1-2H3,(H,17,18)(H2,13,14,16,19). The van der Waals surface area contributed by atoms with Crippen LogP contribution >= 0.6 is 11.3 Å². The summed E-state index contributed by atoms with van der Waals surface area (Å²) >= 11 is 1.23. The number of aromatic carboxylic acids is 1. The highest BCUT2D eigenvalue weighted by Gasteiger charge is 2.15. The van der Waals surface area contributed by atoms with Crippen LogP contribution in [-0.2, 0) is 0 Å². The van der Waals surface area contributed by atoms with E-state index in [4.69, 9.17) is 5.11 Å². The minimum absolute atomic E-state index is 0.0357. The van der Waals surface area contributed by atoms with Gasteiger partial charge in [0, 0.05) is 0 Å². The van der Waals surface area contributed by atoms with Gasteiger partial charge in [-0.05, 0) is 25.5 Å². The van der Waals surface area contributed by atoms with E-state index in [1.165, 1.54) is 17.4 Å². The van der Waals surface area contributed by atoms with Crippen LogP contribution in [0.15, 0.2) is 18.2 Å².